The van der Waals surface area contributed by atoms with Crippen molar-refractivity contribution in [3.63, 3.8) is 0 Å². The van der Waals surface area contributed by atoms with Crippen molar-refractivity contribution in [2.45, 2.75) is 13.3 Å². The molecule has 0 radical (unpaired) electrons. The van der Waals surface area contributed by atoms with Gasteiger partial charge in [0.15, 0.2) is 0 Å². The zero-order chi connectivity index (χ0) is 24.5. The molecule has 2 heterocycles. The molecule has 1 aromatic heterocycles. The lowest BCUT2D eigenvalue weighted by Crippen LogP contribution is -2.32. The normalized spacial score (nSPS) is 12.4. The Kier molecular flexibility index (Phi) is 6.01. The molecule has 5 rings (SSSR count). The van der Waals surface area contributed by atoms with Crippen LogP contribution in [0.1, 0.15) is 32.1 Å². The third kappa shape index (κ3) is 4.50. The Morgan fingerprint density at radius 3 is 2.60 bits per heavy atom. The molecule has 1 aliphatic heterocycles. The number of aryl methyl sites for hydroxylation is 1. The highest BCUT2D eigenvalue weighted by Gasteiger charge is 2.26. The molecular weight excluding hydrogens is 467 g/mol. The second-order valence-corrected chi connectivity index (χ2v) is 8.58. The molecule has 0 fully saturated rings. The number of aromatic nitrogens is 2. The summed E-state index contributed by atoms with van der Waals surface area (Å²) >= 11 is 5.98. The topological polar surface area (TPSA) is 75.2 Å². The molecule has 1 N–H and O–H groups in total. The molecule has 0 spiro atoms. The maximum absolute atomic E-state index is 13.5. The van der Waals surface area contributed by atoms with Gasteiger partial charge in [-0.25, -0.2) is 14.4 Å². The number of fused-ring (bicyclic) bond motifs is 3. The van der Waals surface area contributed by atoms with Gasteiger partial charge in [-0.05, 0) is 67.4 Å². The largest absolute Gasteiger partial charge is 0.322 e. The van der Waals surface area contributed by atoms with Gasteiger partial charge in [0.05, 0.1) is 22.0 Å². The van der Waals surface area contributed by atoms with Crippen molar-refractivity contribution >= 4 is 34.8 Å². The zero-order valence-corrected chi connectivity index (χ0v) is 19.5. The van der Waals surface area contributed by atoms with E-state index < -0.39 is 11.7 Å². The number of nitrogens with one attached hydrogen (secondary N) is 1. The maximum atomic E-state index is 13.5. The Morgan fingerprint density at radius 2 is 1.83 bits per heavy atom. The number of hydrogen-bond acceptors (Lipinski definition) is 4. The maximum Gasteiger partial charge on any atom is 0.258 e. The Balaban J connectivity index is 1.39. The number of anilines is 2. The first-order valence-electron chi connectivity index (χ1n) is 11.0. The number of halogens is 2. The molecule has 6 nitrogen and oxygen atoms in total. The molecule has 0 atom stereocenters. The standard InChI is InChI=1S/C27H20ClFN4O2/c1-16-30-15-18-12-13-33(24-5-3-2-4-22(24)25(18)31-16)27(35)17-6-9-20(10-7-17)32-26(34)21-11-8-19(29)14-23(21)28/h2-11,14-15H,12-13H2,1H3,(H,32,34). The van der Waals surface area contributed by atoms with Crippen molar-refractivity contribution in [3.8, 4) is 11.3 Å². The highest BCUT2D eigenvalue weighted by atomic mass is 35.5. The second kappa shape index (κ2) is 9.27. The van der Waals surface area contributed by atoms with Crippen LogP contribution in [0.15, 0.2) is 72.9 Å². The van der Waals surface area contributed by atoms with Crippen molar-refractivity contribution in [2.24, 2.45) is 0 Å². The lowest BCUT2D eigenvalue weighted by molar-refractivity contribution is 0.0986. The molecule has 0 saturated heterocycles. The Hall–Kier alpha value is -4.10. The average Bonchev–Trinajstić information content (AvgIpc) is 3.01. The highest BCUT2D eigenvalue weighted by molar-refractivity contribution is 6.34. The number of benzene rings is 3. The predicted octanol–water partition coefficient (Wildman–Crippen LogP) is 5.70. The molecule has 2 amide bonds. The third-order valence-electron chi connectivity index (χ3n) is 5.85. The smallest absolute Gasteiger partial charge is 0.258 e. The van der Waals surface area contributed by atoms with Gasteiger partial charge in [-0.3, -0.25) is 9.59 Å². The number of carbonyl (C=O) groups is 2. The van der Waals surface area contributed by atoms with Crippen LogP contribution >= 0.6 is 11.6 Å². The minimum absolute atomic E-state index is 0.0232. The molecule has 0 bridgehead atoms. The predicted molar refractivity (Wildman–Crippen MR) is 133 cm³/mol. The highest BCUT2D eigenvalue weighted by Crippen LogP contribution is 2.35. The summed E-state index contributed by atoms with van der Waals surface area (Å²) in [7, 11) is 0. The first kappa shape index (κ1) is 22.7. The van der Waals surface area contributed by atoms with Crippen LogP contribution in [0.25, 0.3) is 11.3 Å². The van der Waals surface area contributed by atoms with E-state index in [1.807, 2.05) is 37.4 Å². The van der Waals surface area contributed by atoms with E-state index >= 15 is 0 Å². The number of para-hydroxylation sites is 1. The molecular formula is C27H20ClFN4O2. The van der Waals surface area contributed by atoms with Gasteiger partial charge in [-0.2, -0.15) is 0 Å². The van der Waals surface area contributed by atoms with E-state index in [2.05, 4.69) is 15.3 Å². The van der Waals surface area contributed by atoms with Crippen molar-refractivity contribution in [1.29, 1.82) is 0 Å². The minimum Gasteiger partial charge on any atom is -0.322 e. The van der Waals surface area contributed by atoms with Gasteiger partial charge in [0.25, 0.3) is 11.8 Å². The molecule has 0 aliphatic carbocycles. The number of nitrogens with zero attached hydrogens (tertiary/aromatic N) is 3. The average molecular weight is 487 g/mol. The van der Waals surface area contributed by atoms with E-state index in [4.69, 9.17) is 11.6 Å². The summed E-state index contributed by atoms with van der Waals surface area (Å²) in [6.45, 7) is 2.33. The van der Waals surface area contributed by atoms with Crippen LogP contribution in [0, 0.1) is 12.7 Å². The van der Waals surface area contributed by atoms with Crippen LogP contribution in [-0.2, 0) is 6.42 Å². The van der Waals surface area contributed by atoms with Gasteiger partial charge in [0.1, 0.15) is 11.6 Å². The zero-order valence-electron chi connectivity index (χ0n) is 18.8. The van der Waals surface area contributed by atoms with E-state index in [1.54, 1.807) is 29.2 Å². The monoisotopic (exact) mass is 486 g/mol. The summed E-state index contributed by atoms with van der Waals surface area (Å²) < 4.78 is 13.3. The molecule has 3 aromatic carbocycles. The Labute approximate surface area is 206 Å². The molecule has 4 aromatic rings. The Bertz CT molecular complexity index is 1460. The SMILES string of the molecule is Cc1ncc2c(n1)-c1ccccc1N(C(=O)c1ccc(NC(=O)c3ccc(F)cc3Cl)cc1)CC2. The molecule has 0 saturated carbocycles. The van der Waals surface area contributed by atoms with E-state index in [1.165, 1.54) is 12.1 Å². The van der Waals surface area contributed by atoms with E-state index in [0.717, 1.165) is 28.6 Å². The minimum atomic E-state index is -0.519. The van der Waals surface area contributed by atoms with E-state index in [-0.39, 0.29) is 16.5 Å². The molecule has 8 heteroatoms. The van der Waals surface area contributed by atoms with Crippen molar-refractivity contribution < 1.29 is 14.0 Å². The molecule has 35 heavy (non-hydrogen) atoms. The van der Waals surface area contributed by atoms with Crippen molar-refractivity contribution in [3.05, 3.63) is 106 Å². The van der Waals surface area contributed by atoms with Crippen LogP contribution in [0.4, 0.5) is 15.8 Å². The summed E-state index contributed by atoms with van der Waals surface area (Å²) in [5.41, 5.74) is 4.65. The lowest BCUT2D eigenvalue weighted by atomic mass is 10.0. The van der Waals surface area contributed by atoms with Gasteiger partial charge in [-0.1, -0.05) is 29.8 Å². The van der Waals surface area contributed by atoms with E-state index in [0.29, 0.717) is 30.0 Å². The van der Waals surface area contributed by atoms with Gasteiger partial charge in [0, 0.05) is 29.6 Å². The fraction of sp³-hybridized carbons (Fsp3) is 0.111. The van der Waals surface area contributed by atoms with Crippen molar-refractivity contribution in [2.75, 3.05) is 16.8 Å². The van der Waals surface area contributed by atoms with Gasteiger partial charge in [0.2, 0.25) is 0 Å². The number of amides is 2. The molecule has 174 valence electrons. The summed E-state index contributed by atoms with van der Waals surface area (Å²) in [6, 6.07) is 17.9. The van der Waals surface area contributed by atoms with Crippen LogP contribution in [0.5, 0.6) is 0 Å². The number of hydrogen-bond donors (Lipinski definition) is 1. The Morgan fingerprint density at radius 1 is 1.06 bits per heavy atom. The number of carbonyl (C=O) groups excluding carboxylic acids is 2. The summed E-state index contributed by atoms with van der Waals surface area (Å²) in [4.78, 5) is 36.7. The lowest BCUT2D eigenvalue weighted by Gasteiger charge is -2.23. The summed E-state index contributed by atoms with van der Waals surface area (Å²) in [5, 5.41) is 2.74. The van der Waals surface area contributed by atoms with E-state index in [9.17, 15) is 14.0 Å². The van der Waals surface area contributed by atoms with Crippen LogP contribution in [0.2, 0.25) is 5.02 Å². The quantitative estimate of drug-likeness (QED) is 0.403. The first-order valence-corrected chi connectivity index (χ1v) is 11.4. The number of rotatable bonds is 3. The van der Waals surface area contributed by atoms with Crippen molar-refractivity contribution in [1.82, 2.24) is 9.97 Å². The molecule has 1 aliphatic rings. The third-order valence-corrected chi connectivity index (χ3v) is 6.16. The first-order chi connectivity index (χ1) is 16.9. The second-order valence-electron chi connectivity index (χ2n) is 8.17. The van der Waals surface area contributed by atoms with Crippen LogP contribution < -0.4 is 10.2 Å². The molecule has 0 unspecified atom stereocenters. The van der Waals surface area contributed by atoms with Gasteiger partial charge in [-0.15, -0.1) is 0 Å². The summed E-state index contributed by atoms with van der Waals surface area (Å²) in [6.07, 6.45) is 2.45. The van der Waals surface area contributed by atoms with Gasteiger partial charge >= 0.3 is 0 Å². The van der Waals surface area contributed by atoms with Crippen LogP contribution in [-0.4, -0.2) is 28.3 Å². The fourth-order valence-corrected chi connectivity index (χ4v) is 4.36. The fourth-order valence-electron chi connectivity index (χ4n) is 4.11. The summed E-state index contributed by atoms with van der Waals surface area (Å²) in [5.74, 6) is -0.466. The van der Waals surface area contributed by atoms with Crippen LogP contribution in [0.3, 0.4) is 0 Å². The van der Waals surface area contributed by atoms with Gasteiger partial charge < -0.3 is 10.2 Å².